The maximum Gasteiger partial charge on any atom is 0.126 e. The summed E-state index contributed by atoms with van der Waals surface area (Å²) < 4.78 is 0. The van der Waals surface area contributed by atoms with Gasteiger partial charge in [-0.1, -0.05) is 20.8 Å². The monoisotopic (exact) mass is 230 g/mol. The molecule has 0 aliphatic heterocycles. The smallest absolute Gasteiger partial charge is 0.126 e. The molecule has 4 heteroatoms. The van der Waals surface area contributed by atoms with Gasteiger partial charge in [-0.15, -0.1) is 29.8 Å². The summed E-state index contributed by atoms with van der Waals surface area (Å²) >= 11 is 1.84. The summed E-state index contributed by atoms with van der Waals surface area (Å²) in [6.07, 6.45) is 0. The van der Waals surface area contributed by atoms with Gasteiger partial charge in [0.1, 0.15) is 7.85 Å². The normalized spacial score (nSPS) is 13.3. The predicted molar refractivity (Wildman–Crippen MR) is 72.7 cm³/mol. The second-order valence-electron chi connectivity index (χ2n) is 4.73. The molecule has 0 aliphatic rings. The zero-order valence-corrected chi connectivity index (χ0v) is 11.8. The Morgan fingerprint density at radius 3 is 2.08 bits per heavy atom. The molecule has 0 saturated heterocycles. The standard InChI is InChI=1S/C9H17BP2S/c1-8(2,3)6-4-7(13-5-6)9(10,11)12/h4-5H,10-12H2,1-3H3. The largest absolute Gasteiger partial charge is 0.148 e. The number of thiophene rings is 1. The van der Waals surface area contributed by atoms with E-state index in [1.807, 2.05) is 11.3 Å². The van der Waals surface area contributed by atoms with Crippen molar-refractivity contribution in [2.45, 2.75) is 31.0 Å². The van der Waals surface area contributed by atoms with Crippen LogP contribution in [-0.4, -0.2) is 7.85 Å². The first-order chi connectivity index (χ1) is 5.71. The molecule has 2 unspecified atom stereocenters. The Kier molecular flexibility index (Phi) is 3.28. The van der Waals surface area contributed by atoms with Crippen LogP contribution in [0, 0.1) is 0 Å². The lowest BCUT2D eigenvalue weighted by molar-refractivity contribution is 0.592. The molecule has 0 nitrogen and oxygen atoms in total. The minimum Gasteiger partial charge on any atom is -0.148 e. The van der Waals surface area contributed by atoms with Crippen molar-refractivity contribution < 1.29 is 0 Å². The fraction of sp³-hybridized carbons (Fsp3) is 0.556. The van der Waals surface area contributed by atoms with Gasteiger partial charge < -0.3 is 0 Å². The molecule has 0 aliphatic carbocycles. The number of hydrogen-bond donors (Lipinski definition) is 0. The van der Waals surface area contributed by atoms with E-state index >= 15 is 0 Å². The van der Waals surface area contributed by atoms with Crippen LogP contribution in [0.3, 0.4) is 0 Å². The zero-order valence-electron chi connectivity index (χ0n) is 8.72. The van der Waals surface area contributed by atoms with Crippen molar-refractivity contribution in [3.63, 3.8) is 0 Å². The van der Waals surface area contributed by atoms with Gasteiger partial charge in [0.2, 0.25) is 0 Å². The van der Waals surface area contributed by atoms with E-state index in [-0.39, 0.29) is 10.2 Å². The highest BCUT2D eigenvalue weighted by Gasteiger charge is 2.21. The summed E-state index contributed by atoms with van der Waals surface area (Å²) in [7, 11) is 7.91. The second-order valence-corrected chi connectivity index (χ2v) is 8.71. The first-order valence-electron chi connectivity index (χ1n) is 4.38. The van der Waals surface area contributed by atoms with Gasteiger partial charge in [-0.25, -0.2) is 0 Å². The summed E-state index contributed by atoms with van der Waals surface area (Å²) in [5, 5.41) is 2.27. The lowest BCUT2D eigenvalue weighted by Crippen LogP contribution is -2.10. The summed E-state index contributed by atoms with van der Waals surface area (Å²) in [5.41, 5.74) is 1.71. The van der Waals surface area contributed by atoms with Crippen molar-refractivity contribution in [3.8, 4) is 0 Å². The van der Waals surface area contributed by atoms with Gasteiger partial charge in [0.15, 0.2) is 0 Å². The zero-order chi connectivity index (χ0) is 10.3. The van der Waals surface area contributed by atoms with Gasteiger partial charge in [0, 0.05) is 9.67 Å². The van der Waals surface area contributed by atoms with Gasteiger partial charge in [-0.05, 0) is 22.4 Å². The van der Waals surface area contributed by atoms with Crippen LogP contribution in [0.1, 0.15) is 31.2 Å². The first kappa shape index (κ1) is 11.7. The summed E-state index contributed by atoms with van der Waals surface area (Å²) in [6, 6.07) is 2.31. The molecular weight excluding hydrogens is 213 g/mol. The average Bonchev–Trinajstić information content (AvgIpc) is 2.28. The van der Waals surface area contributed by atoms with Gasteiger partial charge in [0.25, 0.3) is 0 Å². The molecule has 1 heterocycles. The molecule has 0 N–H and O–H groups in total. The fourth-order valence-electron chi connectivity index (χ4n) is 1.01. The third-order valence-electron chi connectivity index (χ3n) is 2.00. The van der Waals surface area contributed by atoms with Crippen molar-refractivity contribution in [3.05, 3.63) is 21.9 Å². The van der Waals surface area contributed by atoms with E-state index in [4.69, 9.17) is 0 Å². The van der Waals surface area contributed by atoms with E-state index in [9.17, 15) is 0 Å². The molecule has 1 rings (SSSR count). The van der Waals surface area contributed by atoms with Crippen LogP contribution in [0.25, 0.3) is 0 Å². The summed E-state index contributed by atoms with van der Waals surface area (Å²) in [6.45, 7) is 6.76. The Hall–Kier alpha value is 0.625. The molecule has 0 aromatic carbocycles. The van der Waals surface area contributed by atoms with Gasteiger partial charge in [-0.2, -0.15) is 0 Å². The molecule has 1 aromatic rings. The van der Waals surface area contributed by atoms with E-state index in [1.165, 1.54) is 10.4 Å². The van der Waals surface area contributed by atoms with Gasteiger partial charge >= 0.3 is 0 Å². The molecule has 0 bridgehead atoms. The van der Waals surface area contributed by atoms with E-state index < -0.39 is 0 Å². The quantitative estimate of drug-likeness (QED) is 0.513. The molecular formula is C9H17BP2S. The van der Waals surface area contributed by atoms with Gasteiger partial charge in [-0.3, -0.25) is 0 Å². The van der Waals surface area contributed by atoms with Crippen LogP contribution in [0.2, 0.25) is 0 Å². The van der Waals surface area contributed by atoms with Crippen molar-refractivity contribution in [1.82, 2.24) is 0 Å². The fourth-order valence-corrected chi connectivity index (χ4v) is 2.71. The third-order valence-corrected chi connectivity index (χ3v) is 4.22. The lowest BCUT2D eigenvalue weighted by Gasteiger charge is -2.18. The topological polar surface area (TPSA) is 0 Å². The maximum absolute atomic E-state index is 2.86. The molecule has 1 aromatic heterocycles. The van der Waals surface area contributed by atoms with Crippen LogP contribution in [0.15, 0.2) is 11.4 Å². The summed E-state index contributed by atoms with van der Waals surface area (Å²) in [5.74, 6) is 0. The highest BCUT2D eigenvalue weighted by atomic mass is 32.1. The molecule has 0 fully saturated rings. The molecule has 2 atom stereocenters. The predicted octanol–water partition coefficient (Wildman–Crippen LogP) is 2.54. The lowest BCUT2D eigenvalue weighted by atomic mass is 9.88. The van der Waals surface area contributed by atoms with Crippen LogP contribution in [0.5, 0.6) is 0 Å². The Bertz CT molecular complexity index is 265. The van der Waals surface area contributed by atoms with Crippen LogP contribution in [-0.2, 0) is 10.2 Å². The second kappa shape index (κ2) is 3.65. The van der Waals surface area contributed by atoms with Crippen molar-refractivity contribution in [1.29, 1.82) is 0 Å². The van der Waals surface area contributed by atoms with E-state index in [0.717, 1.165) is 0 Å². The Morgan fingerprint density at radius 2 is 1.85 bits per heavy atom. The Labute approximate surface area is 90.7 Å². The average molecular weight is 230 g/mol. The minimum absolute atomic E-state index is 0.133. The van der Waals surface area contributed by atoms with E-state index in [2.05, 4.69) is 58.5 Å². The highest BCUT2D eigenvalue weighted by Crippen LogP contribution is 2.40. The SMILES string of the molecule is BC(P)(P)c1cc(C(C)(C)C)cs1. The summed E-state index contributed by atoms with van der Waals surface area (Å²) in [4.78, 5) is 1.54. The third kappa shape index (κ3) is 3.05. The molecule has 0 spiro atoms. The minimum atomic E-state index is 0.133. The van der Waals surface area contributed by atoms with Crippen molar-refractivity contribution in [2.75, 3.05) is 0 Å². The molecule has 13 heavy (non-hydrogen) atoms. The van der Waals surface area contributed by atoms with E-state index in [1.54, 1.807) is 0 Å². The number of hydrogen-bond acceptors (Lipinski definition) is 1. The Morgan fingerprint density at radius 1 is 1.31 bits per heavy atom. The molecule has 0 radical (unpaired) electrons. The van der Waals surface area contributed by atoms with Crippen molar-refractivity contribution in [2.24, 2.45) is 0 Å². The molecule has 72 valence electrons. The van der Waals surface area contributed by atoms with Gasteiger partial charge in [0.05, 0.1) is 0 Å². The number of rotatable bonds is 1. The van der Waals surface area contributed by atoms with Crippen LogP contribution < -0.4 is 0 Å². The molecule has 0 amide bonds. The molecule has 0 saturated carbocycles. The van der Waals surface area contributed by atoms with Crippen molar-refractivity contribution >= 4 is 37.7 Å². The maximum atomic E-state index is 2.86. The highest BCUT2D eigenvalue weighted by molar-refractivity contribution is 7.44. The van der Waals surface area contributed by atoms with Crippen LogP contribution >= 0.6 is 29.8 Å². The Balaban J connectivity index is 3.01. The first-order valence-corrected chi connectivity index (χ1v) is 6.42. The van der Waals surface area contributed by atoms with Crippen LogP contribution in [0.4, 0.5) is 0 Å². The van der Waals surface area contributed by atoms with E-state index in [0.29, 0.717) is 0 Å².